The van der Waals surface area contributed by atoms with Gasteiger partial charge in [-0.3, -0.25) is 10.1 Å². The number of non-ortho nitro benzene ring substituents is 1. The first-order chi connectivity index (χ1) is 9.04. The van der Waals surface area contributed by atoms with Crippen molar-refractivity contribution in [1.29, 1.82) is 5.26 Å². The zero-order valence-corrected chi connectivity index (χ0v) is 11.7. The summed E-state index contributed by atoms with van der Waals surface area (Å²) in [5.41, 5.74) is 0.909. The number of nitro groups is 1. The number of rotatable bonds is 5. The lowest BCUT2D eigenvalue weighted by atomic mass is 9.51. The van der Waals surface area contributed by atoms with E-state index in [-0.39, 0.29) is 12.4 Å². The van der Waals surface area contributed by atoms with Crippen LogP contribution in [0.4, 0.5) is 11.4 Å². The number of nitro benzene ring substituents is 1. The summed E-state index contributed by atoms with van der Waals surface area (Å²) in [6, 6.07) is 6.23. The van der Waals surface area contributed by atoms with E-state index in [0.717, 1.165) is 12.0 Å². The summed E-state index contributed by atoms with van der Waals surface area (Å²) in [4.78, 5) is 9.97. The quantitative estimate of drug-likeness (QED) is 0.498. The molecule has 6 heteroatoms. The molecule has 0 heterocycles. The highest BCUT2D eigenvalue weighted by Crippen LogP contribution is 2.15. The molecule has 0 bridgehead atoms. The molecule has 0 aliphatic heterocycles. The molecule has 0 atom stereocenters. The van der Waals surface area contributed by atoms with Gasteiger partial charge in [-0.05, 0) is 18.5 Å². The lowest BCUT2D eigenvalue weighted by Gasteiger charge is -2.05. The van der Waals surface area contributed by atoms with Gasteiger partial charge in [0.15, 0.2) is 0 Å². The Kier molecular flexibility index (Phi) is 8.89. The highest BCUT2D eigenvalue weighted by Gasteiger charge is 2.06. The highest BCUT2D eigenvalue weighted by atomic mass is 16.6. The largest absolute Gasteiger partial charge is 0.386 e. The van der Waals surface area contributed by atoms with Crippen LogP contribution in [-0.4, -0.2) is 18.2 Å². The van der Waals surface area contributed by atoms with E-state index >= 15 is 0 Å². The van der Waals surface area contributed by atoms with Crippen molar-refractivity contribution in [3.05, 3.63) is 34.4 Å². The minimum atomic E-state index is -0.429. The maximum Gasteiger partial charge on any atom is 0.269 e. The Balaban J connectivity index is 0.000000982. The summed E-state index contributed by atoms with van der Waals surface area (Å²) in [6.07, 6.45) is 2.01. The zero-order valence-electron chi connectivity index (χ0n) is 11.7. The third-order valence-electron chi connectivity index (χ3n) is 2.20. The molecule has 0 aromatic heterocycles. The number of hydrogen-bond acceptors (Lipinski definition) is 4. The number of anilines is 1. The van der Waals surface area contributed by atoms with E-state index < -0.39 is 4.92 Å². The first-order valence-electron chi connectivity index (χ1n) is 6.43. The van der Waals surface area contributed by atoms with Gasteiger partial charge in [0.05, 0.1) is 4.92 Å². The van der Waals surface area contributed by atoms with Crippen molar-refractivity contribution >= 4 is 18.1 Å². The summed E-state index contributed by atoms with van der Waals surface area (Å²) in [7, 11) is 0. The molecule has 0 saturated heterocycles. The van der Waals surface area contributed by atoms with Gasteiger partial charge < -0.3 is 5.32 Å². The molecule has 0 saturated carbocycles. The molecule has 1 N–H and O–H groups in total. The van der Waals surface area contributed by atoms with Crippen molar-refractivity contribution in [3.63, 3.8) is 0 Å². The van der Waals surface area contributed by atoms with E-state index in [9.17, 15) is 10.1 Å². The number of nitrogens with one attached hydrogen (secondary N) is 1. The van der Waals surface area contributed by atoms with E-state index in [0.29, 0.717) is 6.54 Å². The number of benzene rings is 1. The summed E-state index contributed by atoms with van der Waals surface area (Å²) in [5, 5.41) is 22.1. The molecule has 1 rings (SSSR count). The Hall–Kier alpha value is -2.03. The van der Waals surface area contributed by atoms with Gasteiger partial charge in [-0.25, -0.2) is 5.26 Å². The van der Waals surface area contributed by atoms with Crippen molar-refractivity contribution in [2.24, 2.45) is 0 Å². The van der Waals surface area contributed by atoms with Crippen molar-refractivity contribution in [3.8, 4) is 5.97 Å². The average molecular weight is 261 g/mol. The van der Waals surface area contributed by atoms with E-state index in [1.54, 1.807) is 12.1 Å². The maximum absolute atomic E-state index is 10.4. The normalized spacial score (nSPS) is 8.74. The maximum atomic E-state index is 10.4. The molecule has 19 heavy (non-hydrogen) atoms. The fraction of sp³-hybridized carbons (Fsp3) is 0.462. The van der Waals surface area contributed by atoms with Crippen molar-refractivity contribution in [2.75, 3.05) is 11.9 Å². The minimum absolute atomic E-state index is 0.0190. The Bertz CT molecular complexity index is 415. The number of nitrogens with zero attached hydrogens (tertiary/aromatic N) is 2. The van der Waals surface area contributed by atoms with Gasteiger partial charge in [0.2, 0.25) is 0 Å². The Morgan fingerprint density at radius 1 is 1.37 bits per heavy atom. The lowest BCUT2D eigenvalue weighted by molar-refractivity contribution is -0.384. The van der Waals surface area contributed by atoms with Gasteiger partial charge in [-0.1, -0.05) is 27.1 Å². The van der Waals surface area contributed by atoms with Crippen LogP contribution < -0.4 is 5.32 Å². The molecule has 5 nitrogen and oxygen atoms in total. The summed E-state index contributed by atoms with van der Waals surface area (Å²) < 4.78 is 0. The standard InChI is InChI=1S/C10H12BN3O2.C3H8/c1-11(8-12)6-7-13-9-2-4-10(5-3-9)14(15)16;1-3-2/h2-5,13H,6-7H2,1H3;3H2,1-2H3. The van der Waals surface area contributed by atoms with Crippen LogP contribution in [0, 0.1) is 21.3 Å². The number of hydrogen-bond donors (Lipinski definition) is 1. The van der Waals surface area contributed by atoms with Gasteiger partial charge in [-0.15, -0.1) is 0 Å². The van der Waals surface area contributed by atoms with E-state index in [1.807, 2.05) is 6.82 Å². The lowest BCUT2D eigenvalue weighted by Crippen LogP contribution is -2.11. The SMILES string of the molecule is CB(C#N)CCNc1ccc([N+](=O)[O-])cc1.CCC. The second-order valence-electron chi connectivity index (χ2n) is 4.26. The monoisotopic (exact) mass is 261 g/mol. The van der Waals surface area contributed by atoms with E-state index in [1.165, 1.54) is 18.6 Å². The molecule has 0 aliphatic rings. The average Bonchev–Trinajstić information content (AvgIpc) is 2.40. The van der Waals surface area contributed by atoms with Gasteiger partial charge in [0.1, 0.15) is 0 Å². The van der Waals surface area contributed by atoms with Gasteiger partial charge in [0, 0.05) is 30.3 Å². The van der Waals surface area contributed by atoms with Gasteiger partial charge in [-0.2, -0.15) is 0 Å². The topological polar surface area (TPSA) is 79.0 Å². The Labute approximate surface area is 114 Å². The third kappa shape index (κ3) is 7.82. The molecule has 1 aromatic rings. The molecule has 0 unspecified atom stereocenters. The predicted octanol–water partition coefficient (Wildman–Crippen LogP) is 3.61. The fourth-order valence-electron chi connectivity index (χ4n) is 1.20. The highest BCUT2D eigenvalue weighted by molar-refractivity contribution is 6.65. The fourth-order valence-corrected chi connectivity index (χ4v) is 1.20. The zero-order chi connectivity index (χ0) is 14.7. The van der Waals surface area contributed by atoms with Crippen LogP contribution >= 0.6 is 0 Å². The first-order valence-corrected chi connectivity index (χ1v) is 6.43. The van der Waals surface area contributed by atoms with Crippen LogP contribution in [0.2, 0.25) is 13.1 Å². The van der Waals surface area contributed by atoms with Crippen LogP contribution in [0.1, 0.15) is 20.3 Å². The third-order valence-corrected chi connectivity index (χ3v) is 2.20. The van der Waals surface area contributed by atoms with Crippen molar-refractivity contribution < 1.29 is 4.92 Å². The molecule has 1 aromatic carbocycles. The van der Waals surface area contributed by atoms with Crippen LogP contribution in [0.25, 0.3) is 0 Å². The minimum Gasteiger partial charge on any atom is -0.386 e. The van der Waals surface area contributed by atoms with Gasteiger partial charge in [0.25, 0.3) is 12.4 Å². The van der Waals surface area contributed by atoms with Crippen LogP contribution in [0.15, 0.2) is 24.3 Å². The van der Waals surface area contributed by atoms with Gasteiger partial charge >= 0.3 is 0 Å². The summed E-state index contributed by atoms with van der Waals surface area (Å²) in [5.74, 6) is 2.15. The van der Waals surface area contributed by atoms with Crippen molar-refractivity contribution in [1.82, 2.24) is 0 Å². The molecule has 0 spiro atoms. The van der Waals surface area contributed by atoms with Crippen molar-refractivity contribution in [2.45, 2.75) is 33.4 Å². The molecule has 0 aliphatic carbocycles. The summed E-state index contributed by atoms with van der Waals surface area (Å²) in [6.45, 7) is 6.81. The Morgan fingerprint density at radius 3 is 2.32 bits per heavy atom. The molecule has 0 amide bonds. The van der Waals surface area contributed by atoms with Crippen LogP contribution in [-0.2, 0) is 0 Å². The Morgan fingerprint density at radius 2 is 1.89 bits per heavy atom. The molecule has 0 radical (unpaired) electrons. The molecule has 0 fully saturated rings. The second-order valence-corrected chi connectivity index (χ2v) is 4.26. The second kappa shape index (κ2) is 9.95. The molecule has 102 valence electrons. The van der Waals surface area contributed by atoms with E-state index in [4.69, 9.17) is 5.26 Å². The smallest absolute Gasteiger partial charge is 0.269 e. The molecular weight excluding hydrogens is 241 g/mol. The summed E-state index contributed by atoms with van der Waals surface area (Å²) >= 11 is 0. The first kappa shape index (κ1) is 17.0. The molecular formula is C13H20BN3O2. The number of nitriles is 1. The van der Waals surface area contributed by atoms with Crippen LogP contribution in [0.5, 0.6) is 0 Å². The van der Waals surface area contributed by atoms with Crippen LogP contribution in [0.3, 0.4) is 0 Å². The predicted molar refractivity (Wildman–Crippen MR) is 79.6 cm³/mol. The van der Waals surface area contributed by atoms with E-state index in [2.05, 4.69) is 25.1 Å².